The minimum Gasteiger partial charge on any atom is -0.0699 e. The van der Waals surface area contributed by atoms with Crippen LogP contribution in [0.5, 0.6) is 0 Å². The van der Waals surface area contributed by atoms with Crippen LogP contribution in [0.2, 0.25) is 0 Å². The lowest BCUT2D eigenvalue weighted by Crippen LogP contribution is -2.00. The zero-order valence-electron chi connectivity index (χ0n) is 19.9. The summed E-state index contributed by atoms with van der Waals surface area (Å²) in [5, 5.41) is 0. The van der Waals surface area contributed by atoms with E-state index in [-0.39, 0.29) is 0 Å². The van der Waals surface area contributed by atoms with Crippen molar-refractivity contribution in [3.63, 3.8) is 0 Å². The molecule has 0 heteroatoms. The van der Waals surface area contributed by atoms with Gasteiger partial charge in [-0.2, -0.15) is 0 Å². The second-order valence-electron chi connectivity index (χ2n) is 9.34. The molecular weight excluding hydrogens is 348 g/mol. The van der Waals surface area contributed by atoms with Gasteiger partial charge in [0.05, 0.1) is 0 Å². The molecule has 158 valence electrons. The Kier molecular flexibility index (Phi) is 9.21. The van der Waals surface area contributed by atoms with Crippen LogP contribution >= 0.6 is 0 Å². The number of hydrogen-bond donors (Lipinski definition) is 0. The van der Waals surface area contributed by atoms with Crippen molar-refractivity contribution >= 4 is 6.08 Å². The number of unbranched alkanes of at least 4 members (excludes halogenated alkanes) is 1. The largest absolute Gasteiger partial charge is 0.0699 e. The zero-order chi connectivity index (χ0) is 21.4. The zero-order valence-corrected chi connectivity index (χ0v) is 19.9. The molecule has 0 aromatic heterocycles. The third-order valence-corrected chi connectivity index (χ3v) is 6.70. The monoisotopic (exact) mass is 390 g/mol. The highest BCUT2D eigenvalue weighted by Gasteiger charge is 2.12. The molecule has 3 atom stereocenters. The Bertz CT molecular complexity index is 778. The standard InChI is InChI=1S/C29H42/c1-8-9-10-22(3)26(7)19-29-20-28(18-15-25(29)6)24(5)14-13-23(4)27-16-11-21(2)12-17-27/h11-12,15-20,22-24H,8-10,13-14H2,1-7H3/b26-19+/t22?,23?,24-/m1/s1. The summed E-state index contributed by atoms with van der Waals surface area (Å²) in [6.07, 6.45) is 8.79. The quantitative estimate of drug-likeness (QED) is 0.379. The van der Waals surface area contributed by atoms with E-state index in [1.54, 1.807) is 0 Å². The molecule has 0 aliphatic carbocycles. The third-order valence-electron chi connectivity index (χ3n) is 6.70. The summed E-state index contributed by atoms with van der Waals surface area (Å²) in [5.41, 5.74) is 8.59. The van der Waals surface area contributed by atoms with E-state index >= 15 is 0 Å². The molecule has 0 spiro atoms. The average molecular weight is 391 g/mol. The van der Waals surface area contributed by atoms with Gasteiger partial charge in [-0.3, -0.25) is 0 Å². The highest BCUT2D eigenvalue weighted by molar-refractivity contribution is 5.57. The molecule has 2 rings (SSSR count). The van der Waals surface area contributed by atoms with Gasteiger partial charge in [-0.25, -0.2) is 0 Å². The first-order chi connectivity index (χ1) is 13.8. The maximum absolute atomic E-state index is 2.44. The molecule has 2 aromatic rings. The van der Waals surface area contributed by atoms with Crippen LogP contribution < -0.4 is 0 Å². The first-order valence-corrected chi connectivity index (χ1v) is 11.7. The Morgan fingerprint density at radius 1 is 0.828 bits per heavy atom. The fraction of sp³-hybridized carbons (Fsp3) is 0.517. The van der Waals surface area contributed by atoms with Gasteiger partial charge in [-0.1, -0.05) is 100 Å². The summed E-state index contributed by atoms with van der Waals surface area (Å²) in [4.78, 5) is 0. The normalized spacial score (nSPS) is 15.2. The number of benzene rings is 2. The molecule has 29 heavy (non-hydrogen) atoms. The minimum atomic E-state index is 0.591. The highest BCUT2D eigenvalue weighted by Crippen LogP contribution is 2.30. The van der Waals surface area contributed by atoms with Crippen LogP contribution in [0.15, 0.2) is 48.0 Å². The smallest absolute Gasteiger partial charge is 0.0190 e. The summed E-state index contributed by atoms with van der Waals surface area (Å²) >= 11 is 0. The molecule has 0 nitrogen and oxygen atoms in total. The van der Waals surface area contributed by atoms with Gasteiger partial charge in [0, 0.05) is 0 Å². The molecule has 0 bridgehead atoms. The van der Waals surface area contributed by atoms with E-state index < -0.39 is 0 Å². The summed E-state index contributed by atoms with van der Waals surface area (Å²) in [5.74, 6) is 1.88. The van der Waals surface area contributed by atoms with Crippen LogP contribution in [0.25, 0.3) is 6.08 Å². The van der Waals surface area contributed by atoms with Crippen LogP contribution in [0.4, 0.5) is 0 Å². The summed E-state index contributed by atoms with van der Waals surface area (Å²) < 4.78 is 0. The molecule has 0 radical (unpaired) electrons. The molecule has 0 aliphatic heterocycles. The van der Waals surface area contributed by atoms with Crippen molar-refractivity contribution in [3.05, 3.63) is 75.9 Å². The van der Waals surface area contributed by atoms with Crippen molar-refractivity contribution in [2.24, 2.45) is 5.92 Å². The van der Waals surface area contributed by atoms with Gasteiger partial charge < -0.3 is 0 Å². The second-order valence-corrected chi connectivity index (χ2v) is 9.34. The predicted octanol–water partition coefficient (Wildman–Crippen LogP) is 9.22. The van der Waals surface area contributed by atoms with Crippen LogP contribution in [-0.2, 0) is 0 Å². The molecule has 0 saturated heterocycles. The van der Waals surface area contributed by atoms with Crippen molar-refractivity contribution in [1.29, 1.82) is 0 Å². The SMILES string of the molecule is CCCCC(C)/C(C)=C/c1cc([C@H](C)CCC(C)c2ccc(C)cc2)ccc1C. The van der Waals surface area contributed by atoms with Crippen LogP contribution in [0.1, 0.15) is 106 Å². The van der Waals surface area contributed by atoms with E-state index in [0.29, 0.717) is 17.8 Å². The van der Waals surface area contributed by atoms with Crippen LogP contribution in [-0.4, -0.2) is 0 Å². The molecule has 0 aliphatic rings. The Morgan fingerprint density at radius 3 is 2.03 bits per heavy atom. The van der Waals surface area contributed by atoms with Crippen molar-refractivity contribution in [3.8, 4) is 0 Å². The first-order valence-electron chi connectivity index (χ1n) is 11.7. The third kappa shape index (κ3) is 7.18. The Morgan fingerprint density at radius 2 is 1.41 bits per heavy atom. The number of aryl methyl sites for hydroxylation is 2. The Hall–Kier alpha value is -1.82. The lowest BCUT2D eigenvalue weighted by molar-refractivity contribution is 0.573. The van der Waals surface area contributed by atoms with Gasteiger partial charge in [-0.05, 0) is 80.0 Å². The number of rotatable bonds is 10. The van der Waals surface area contributed by atoms with Crippen LogP contribution in [0.3, 0.4) is 0 Å². The van der Waals surface area contributed by atoms with E-state index in [1.807, 2.05) is 0 Å². The molecule has 0 N–H and O–H groups in total. The number of allylic oxidation sites excluding steroid dienone is 1. The molecule has 0 saturated carbocycles. The summed E-state index contributed by atoms with van der Waals surface area (Å²) in [6, 6.07) is 16.1. The Balaban J connectivity index is 2.04. The molecule has 0 heterocycles. The van der Waals surface area contributed by atoms with Crippen molar-refractivity contribution < 1.29 is 0 Å². The molecule has 0 amide bonds. The highest BCUT2D eigenvalue weighted by atomic mass is 14.2. The molecule has 2 aromatic carbocycles. The van der Waals surface area contributed by atoms with E-state index in [0.717, 1.165) is 0 Å². The van der Waals surface area contributed by atoms with Crippen molar-refractivity contribution in [2.45, 2.75) is 92.4 Å². The van der Waals surface area contributed by atoms with Gasteiger partial charge in [0.15, 0.2) is 0 Å². The molecule has 0 fully saturated rings. The predicted molar refractivity (Wildman–Crippen MR) is 131 cm³/mol. The van der Waals surface area contributed by atoms with E-state index in [2.05, 4.69) is 97.0 Å². The van der Waals surface area contributed by atoms with E-state index in [9.17, 15) is 0 Å². The maximum atomic E-state index is 2.44. The lowest BCUT2D eigenvalue weighted by Gasteiger charge is -2.18. The minimum absolute atomic E-state index is 0.591. The Labute approximate surface area is 180 Å². The summed E-state index contributed by atoms with van der Waals surface area (Å²) in [6.45, 7) is 16.1. The van der Waals surface area contributed by atoms with E-state index in [4.69, 9.17) is 0 Å². The number of hydrogen-bond acceptors (Lipinski definition) is 0. The second kappa shape index (κ2) is 11.4. The van der Waals surface area contributed by atoms with Gasteiger partial charge in [0.2, 0.25) is 0 Å². The molecular formula is C29H42. The summed E-state index contributed by atoms with van der Waals surface area (Å²) in [7, 11) is 0. The van der Waals surface area contributed by atoms with Gasteiger partial charge in [0.1, 0.15) is 0 Å². The topological polar surface area (TPSA) is 0 Å². The van der Waals surface area contributed by atoms with Crippen molar-refractivity contribution in [2.75, 3.05) is 0 Å². The van der Waals surface area contributed by atoms with Gasteiger partial charge >= 0.3 is 0 Å². The van der Waals surface area contributed by atoms with Crippen LogP contribution in [0, 0.1) is 19.8 Å². The lowest BCUT2D eigenvalue weighted by atomic mass is 9.87. The van der Waals surface area contributed by atoms with Crippen molar-refractivity contribution in [1.82, 2.24) is 0 Å². The molecule has 2 unspecified atom stereocenters. The average Bonchev–Trinajstić information content (AvgIpc) is 2.71. The van der Waals surface area contributed by atoms with Gasteiger partial charge in [-0.15, -0.1) is 0 Å². The fourth-order valence-corrected chi connectivity index (χ4v) is 3.97. The van der Waals surface area contributed by atoms with E-state index in [1.165, 1.54) is 65.5 Å². The fourth-order valence-electron chi connectivity index (χ4n) is 3.97. The van der Waals surface area contributed by atoms with Gasteiger partial charge in [0.25, 0.3) is 0 Å². The maximum Gasteiger partial charge on any atom is -0.0190 e. The first kappa shape index (κ1) is 23.5.